The number of nitrogens with zero attached hydrogens (tertiary/aromatic N) is 1. The van der Waals surface area contributed by atoms with E-state index in [2.05, 4.69) is 5.43 Å². The van der Waals surface area contributed by atoms with Gasteiger partial charge in [-0.1, -0.05) is 23.2 Å². The minimum atomic E-state index is -4.75. The summed E-state index contributed by atoms with van der Waals surface area (Å²) in [5.41, 5.74) is 1.94. The lowest BCUT2D eigenvalue weighted by Crippen LogP contribution is -2.30. The number of rotatable bonds is 3. The number of carbonyl (C=O) groups is 1. The van der Waals surface area contributed by atoms with Crippen molar-refractivity contribution >= 4 is 34.8 Å². The summed E-state index contributed by atoms with van der Waals surface area (Å²) in [6, 6.07) is 6.64. The fourth-order valence-electron chi connectivity index (χ4n) is 1.93. The molecule has 2 aromatic rings. The van der Waals surface area contributed by atoms with Crippen LogP contribution in [0.5, 0.6) is 5.75 Å². The van der Waals surface area contributed by atoms with Crippen molar-refractivity contribution in [3.63, 3.8) is 0 Å². The number of halogens is 5. The number of alkyl halides is 3. The van der Waals surface area contributed by atoms with Crippen LogP contribution in [0.15, 0.2) is 30.3 Å². The van der Waals surface area contributed by atoms with Gasteiger partial charge in [-0.05, 0) is 30.3 Å². The summed E-state index contributed by atoms with van der Waals surface area (Å²) in [5, 5.41) is 18.3. The molecule has 0 aliphatic carbocycles. The Morgan fingerprint density at radius 2 is 1.88 bits per heavy atom. The smallest absolute Gasteiger partial charge is 0.418 e. The average Bonchev–Trinajstić information content (AvgIpc) is 2.50. The lowest BCUT2D eigenvalue weighted by Gasteiger charge is -2.16. The summed E-state index contributed by atoms with van der Waals surface area (Å²) in [7, 11) is 0. The standard InChI is InChI=1S/C15H8Cl2F3N3O2/c16-8-4-10(17)13(12(24)5-8)14(25)23-22-11-2-1-7(6-21)3-9(11)15(18,19)20/h1-5,22,24H,(H,23,25). The summed E-state index contributed by atoms with van der Waals surface area (Å²) >= 11 is 11.5. The number of phenols is 1. The molecule has 0 bridgehead atoms. The molecule has 130 valence electrons. The third-order valence-corrected chi connectivity index (χ3v) is 3.54. The fraction of sp³-hybridized carbons (Fsp3) is 0.0667. The zero-order chi connectivity index (χ0) is 18.8. The van der Waals surface area contributed by atoms with E-state index in [0.717, 1.165) is 18.2 Å². The molecule has 0 aliphatic heterocycles. The van der Waals surface area contributed by atoms with Crippen molar-refractivity contribution in [3.05, 3.63) is 57.1 Å². The predicted molar refractivity (Wildman–Crippen MR) is 85.4 cm³/mol. The van der Waals surface area contributed by atoms with Crippen LogP contribution >= 0.6 is 23.2 Å². The van der Waals surface area contributed by atoms with Crippen molar-refractivity contribution in [1.82, 2.24) is 5.43 Å². The van der Waals surface area contributed by atoms with E-state index < -0.39 is 29.1 Å². The Morgan fingerprint density at radius 3 is 2.44 bits per heavy atom. The van der Waals surface area contributed by atoms with Crippen molar-refractivity contribution in [3.8, 4) is 11.8 Å². The molecular weight excluding hydrogens is 382 g/mol. The Balaban J connectivity index is 2.28. The third kappa shape index (κ3) is 4.26. The number of phenolic OH excluding ortho intramolecular Hbond substituents is 1. The average molecular weight is 390 g/mol. The molecular formula is C15H8Cl2F3N3O2. The second-order valence-electron chi connectivity index (χ2n) is 4.73. The van der Waals surface area contributed by atoms with Crippen LogP contribution in [-0.4, -0.2) is 11.0 Å². The Labute approximate surface area is 149 Å². The van der Waals surface area contributed by atoms with Crippen LogP contribution in [0.2, 0.25) is 10.0 Å². The number of carbonyl (C=O) groups excluding carboxylic acids is 1. The van der Waals surface area contributed by atoms with E-state index in [0.29, 0.717) is 6.07 Å². The number of hydrogen-bond acceptors (Lipinski definition) is 4. The molecule has 3 N–H and O–H groups in total. The topological polar surface area (TPSA) is 85.2 Å². The molecule has 0 heterocycles. The molecule has 2 rings (SSSR count). The molecule has 2 aromatic carbocycles. The van der Waals surface area contributed by atoms with Crippen LogP contribution < -0.4 is 10.9 Å². The highest BCUT2D eigenvalue weighted by molar-refractivity contribution is 6.37. The first-order valence-electron chi connectivity index (χ1n) is 6.49. The maximum absolute atomic E-state index is 13.0. The van der Waals surface area contributed by atoms with Gasteiger partial charge >= 0.3 is 6.18 Å². The number of aromatic hydroxyl groups is 1. The van der Waals surface area contributed by atoms with Crippen LogP contribution in [0.4, 0.5) is 18.9 Å². The SMILES string of the molecule is N#Cc1ccc(NNC(=O)c2c(O)cc(Cl)cc2Cl)c(C(F)(F)F)c1. The Kier molecular flexibility index (Phi) is 5.30. The molecule has 5 nitrogen and oxygen atoms in total. The van der Waals surface area contributed by atoms with Crippen molar-refractivity contribution in [1.29, 1.82) is 5.26 Å². The molecule has 0 spiro atoms. The summed E-state index contributed by atoms with van der Waals surface area (Å²) in [6.45, 7) is 0. The van der Waals surface area contributed by atoms with Gasteiger partial charge in [-0.3, -0.25) is 15.6 Å². The molecule has 0 aliphatic rings. The van der Waals surface area contributed by atoms with Crippen LogP contribution in [-0.2, 0) is 6.18 Å². The van der Waals surface area contributed by atoms with E-state index >= 15 is 0 Å². The van der Waals surface area contributed by atoms with E-state index in [-0.39, 0.29) is 21.2 Å². The minimum Gasteiger partial charge on any atom is -0.507 e. The van der Waals surface area contributed by atoms with Gasteiger partial charge in [0.15, 0.2) is 0 Å². The van der Waals surface area contributed by atoms with Gasteiger partial charge in [0, 0.05) is 5.02 Å². The highest BCUT2D eigenvalue weighted by atomic mass is 35.5. The maximum Gasteiger partial charge on any atom is 0.418 e. The van der Waals surface area contributed by atoms with Gasteiger partial charge < -0.3 is 5.11 Å². The van der Waals surface area contributed by atoms with Gasteiger partial charge in [0.05, 0.1) is 27.9 Å². The van der Waals surface area contributed by atoms with Crippen LogP contribution in [0, 0.1) is 11.3 Å². The van der Waals surface area contributed by atoms with E-state index in [4.69, 9.17) is 28.5 Å². The Bertz CT molecular complexity index is 856. The van der Waals surface area contributed by atoms with Gasteiger partial charge in [-0.25, -0.2) is 0 Å². The zero-order valence-electron chi connectivity index (χ0n) is 12.1. The molecule has 0 atom stereocenters. The van der Waals surface area contributed by atoms with Crippen LogP contribution in [0.3, 0.4) is 0 Å². The number of hydrogen-bond donors (Lipinski definition) is 3. The number of nitriles is 1. The first kappa shape index (κ1) is 18.7. The number of amides is 1. The van der Waals surface area contributed by atoms with Gasteiger partial charge in [0.1, 0.15) is 11.3 Å². The van der Waals surface area contributed by atoms with Gasteiger partial charge in [-0.15, -0.1) is 0 Å². The number of nitrogens with one attached hydrogen (secondary N) is 2. The largest absolute Gasteiger partial charge is 0.507 e. The number of anilines is 1. The highest BCUT2D eigenvalue weighted by Crippen LogP contribution is 2.35. The van der Waals surface area contributed by atoms with Gasteiger partial charge in [0.25, 0.3) is 5.91 Å². The van der Waals surface area contributed by atoms with Gasteiger partial charge in [-0.2, -0.15) is 18.4 Å². The van der Waals surface area contributed by atoms with E-state index in [1.807, 2.05) is 5.43 Å². The predicted octanol–water partition coefficient (Wildman–Crippen LogP) is 4.35. The second kappa shape index (κ2) is 7.09. The molecule has 1 amide bonds. The minimum absolute atomic E-state index is 0.0819. The summed E-state index contributed by atoms with van der Waals surface area (Å²) < 4.78 is 39.1. The summed E-state index contributed by atoms with van der Waals surface area (Å²) in [5.74, 6) is -1.51. The van der Waals surface area contributed by atoms with Crippen LogP contribution in [0.25, 0.3) is 0 Å². The quantitative estimate of drug-likeness (QED) is 0.681. The highest BCUT2D eigenvalue weighted by Gasteiger charge is 2.34. The molecule has 10 heteroatoms. The molecule has 0 radical (unpaired) electrons. The second-order valence-corrected chi connectivity index (χ2v) is 5.57. The first-order chi connectivity index (χ1) is 11.6. The molecule has 0 fully saturated rings. The third-order valence-electron chi connectivity index (χ3n) is 3.03. The summed E-state index contributed by atoms with van der Waals surface area (Å²) in [6.07, 6.45) is -4.75. The molecule has 25 heavy (non-hydrogen) atoms. The van der Waals surface area contributed by atoms with Crippen molar-refractivity contribution in [2.75, 3.05) is 5.43 Å². The zero-order valence-corrected chi connectivity index (χ0v) is 13.6. The normalized spacial score (nSPS) is 10.9. The number of benzene rings is 2. The van der Waals surface area contributed by atoms with E-state index in [1.165, 1.54) is 6.07 Å². The first-order valence-corrected chi connectivity index (χ1v) is 7.24. The Hall–Kier alpha value is -2.63. The molecule has 0 aromatic heterocycles. The van der Waals surface area contributed by atoms with Gasteiger partial charge in [0.2, 0.25) is 0 Å². The van der Waals surface area contributed by atoms with Crippen molar-refractivity contribution < 1.29 is 23.1 Å². The lowest BCUT2D eigenvalue weighted by molar-refractivity contribution is -0.137. The summed E-state index contributed by atoms with van der Waals surface area (Å²) in [4.78, 5) is 12.1. The molecule has 0 saturated heterocycles. The Morgan fingerprint density at radius 1 is 1.20 bits per heavy atom. The number of hydrazine groups is 1. The lowest BCUT2D eigenvalue weighted by atomic mass is 10.1. The fourth-order valence-corrected chi connectivity index (χ4v) is 2.50. The molecule has 0 unspecified atom stereocenters. The molecule has 0 saturated carbocycles. The van der Waals surface area contributed by atoms with Crippen molar-refractivity contribution in [2.45, 2.75) is 6.18 Å². The maximum atomic E-state index is 13.0. The van der Waals surface area contributed by atoms with Crippen molar-refractivity contribution in [2.24, 2.45) is 0 Å². The van der Waals surface area contributed by atoms with E-state index in [9.17, 15) is 23.1 Å². The van der Waals surface area contributed by atoms with E-state index in [1.54, 1.807) is 6.07 Å². The monoisotopic (exact) mass is 389 g/mol. The van der Waals surface area contributed by atoms with Crippen LogP contribution in [0.1, 0.15) is 21.5 Å².